The highest BCUT2D eigenvalue weighted by atomic mass is 19.1. The van der Waals surface area contributed by atoms with E-state index in [1.807, 2.05) is 0 Å². The van der Waals surface area contributed by atoms with Gasteiger partial charge in [-0.3, -0.25) is 4.79 Å². The topological polar surface area (TPSA) is 61.4 Å². The lowest BCUT2D eigenvalue weighted by Crippen LogP contribution is -2.55. The van der Waals surface area contributed by atoms with Crippen molar-refractivity contribution < 1.29 is 18.7 Å². The van der Waals surface area contributed by atoms with E-state index in [9.17, 15) is 18.7 Å². The van der Waals surface area contributed by atoms with Crippen LogP contribution in [0.3, 0.4) is 0 Å². The Hall–Kier alpha value is -2.31. The maximum Gasteiger partial charge on any atom is 0.217 e. The first-order chi connectivity index (χ1) is 14.4. The minimum Gasteiger partial charge on any atom is -0.389 e. The van der Waals surface area contributed by atoms with E-state index in [4.69, 9.17) is 0 Å². The predicted octanol–water partition coefficient (Wildman–Crippen LogP) is 3.47. The van der Waals surface area contributed by atoms with Crippen molar-refractivity contribution in [1.29, 1.82) is 0 Å². The summed E-state index contributed by atoms with van der Waals surface area (Å²) in [5.41, 5.74) is 2.93. The Bertz CT molecular complexity index is 837. The molecule has 1 aliphatic heterocycles. The van der Waals surface area contributed by atoms with Gasteiger partial charge in [0.1, 0.15) is 11.6 Å². The summed E-state index contributed by atoms with van der Waals surface area (Å²) in [6.45, 7) is 4.25. The molecule has 1 fully saturated rings. The fraction of sp³-hybridized carbons (Fsp3) is 0.458. The van der Waals surface area contributed by atoms with E-state index < -0.39 is 23.8 Å². The molecule has 0 aliphatic carbocycles. The van der Waals surface area contributed by atoms with Crippen molar-refractivity contribution in [2.45, 2.75) is 63.6 Å². The van der Waals surface area contributed by atoms with Crippen LogP contribution in [-0.2, 0) is 17.6 Å². The number of aliphatic hydroxyl groups excluding tert-OH is 1. The molecule has 4 atom stereocenters. The minimum atomic E-state index is -0.891. The third kappa shape index (κ3) is 5.86. The zero-order valence-corrected chi connectivity index (χ0v) is 17.5. The molecule has 3 N–H and O–H groups in total. The Labute approximate surface area is 176 Å². The molecule has 2 aromatic carbocycles. The van der Waals surface area contributed by atoms with Gasteiger partial charge in [-0.2, -0.15) is 0 Å². The molecule has 1 saturated heterocycles. The highest BCUT2D eigenvalue weighted by molar-refractivity contribution is 5.73. The van der Waals surface area contributed by atoms with Crippen LogP contribution in [0.2, 0.25) is 0 Å². The molecular formula is C24H30F2N2O2. The van der Waals surface area contributed by atoms with E-state index in [-0.39, 0.29) is 18.4 Å². The van der Waals surface area contributed by atoms with Gasteiger partial charge in [-0.15, -0.1) is 0 Å². The molecule has 30 heavy (non-hydrogen) atoms. The van der Waals surface area contributed by atoms with Crippen LogP contribution in [0.25, 0.3) is 0 Å². The molecule has 1 heterocycles. The predicted molar refractivity (Wildman–Crippen MR) is 113 cm³/mol. The minimum absolute atomic E-state index is 0.142. The van der Waals surface area contributed by atoms with Crippen molar-refractivity contribution in [3.63, 3.8) is 0 Å². The van der Waals surface area contributed by atoms with Crippen LogP contribution in [-0.4, -0.2) is 35.7 Å². The molecule has 4 unspecified atom stereocenters. The molecule has 0 radical (unpaired) electrons. The van der Waals surface area contributed by atoms with Crippen molar-refractivity contribution in [2.24, 2.45) is 0 Å². The second-order valence-electron chi connectivity index (χ2n) is 8.16. The molecule has 0 bridgehead atoms. The molecule has 0 spiro atoms. The molecule has 6 heteroatoms. The third-order valence-corrected chi connectivity index (χ3v) is 5.89. The Balaban J connectivity index is 1.73. The number of benzene rings is 2. The Morgan fingerprint density at radius 2 is 1.83 bits per heavy atom. The van der Waals surface area contributed by atoms with Crippen LogP contribution in [0.5, 0.6) is 0 Å². The molecule has 162 valence electrons. The van der Waals surface area contributed by atoms with Gasteiger partial charge >= 0.3 is 0 Å². The lowest BCUT2D eigenvalue weighted by Gasteiger charge is -2.37. The fourth-order valence-electron chi connectivity index (χ4n) is 4.32. The van der Waals surface area contributed by atoms with Crippen molar-refractivity contribution in [1.82, 2.24) is 10.6 Å². The number of aliphatic hydroxyl groups is 1. The van der Waals surface area contributed by atoms with Gasteiger partial charge in [0.25, 0.3) is 0 Å². The van der Waals surface area contributed by atoms with Crippen LogP contribution in [0.1, 0.15) is 49.3 Å². The van der Waals surface area contributed by atoms with E-state index in [0.717, 1.165) is 31.9 Å². The number of nitrogens with one attached hydrogen (secondary N) is 2. The second-order valence-corrected chi connectivity index (χ2v) is 8.16. The van der Waals surface area contributed by atoms with Crippen molar-refractivity contribution in [2.75, 3.05) is 6.54 Å². The molecule has 1 amide bonds. The van der Waals surface area contributed by atoms with Crippen LogP contribution in [0.4, 0.5) is 8.78 Å². The van der Waals surface area contributed by atoms with Gasteiger partial charge in [0.2, 0.25) is 5.91 Å². The van der Waals surface area contributed by atoms with Crippen LogP contribution in [0, 0.1) is 11.6 Å². The molecular weight excluding hydrogens is 386 g/mol. The number of amides is 1. The normalized spacial score (nSPS) is 21.1. The Morgan fingerprint density at radius 3 is 2.43 bits per heavy atom. The summed E-state index contributed by atoms with van der Waals surface area (Å²) in [5, 5.41) is 17.2. The monoisotopic (exact) mass is 416 g/mol. The lowest BCUT2D eigenvalue weighted by atomic mass is 9.82. The van der Waals surface area contributed by atoms with Crippen LogP contribution >= 0.6 is 0 Å². The van der Waals surface area contributed by atoms with Gasteiger partial charge in [-0.25, -0.2) is 8.78 Å². The first-order valence-corrected chi connectivity index (χ1v) is 10.6. The first-order valence-electron chi connectivity index (χ1n) is 10.6. The van der Waals surface area contributed by atoms with Crippen LogP contribution < -0.4 is 10.6 Å². The maximum atomic E-state index is 13.6. The summed E-state index contributed by atoms with van der Waals surface area (Å²) in [5.74, 6) is -1.33. The molecule has 0 aromatic heterocycles. The number of halogens is 2. The average Bonchev–Trinajstić information content (AvgIpc) is 2.72. The zero-order chi connectivity index (χ0) is 21.7. The fourth-order valence-corrected chi connectivity index (χ4v) is 4.32. The van der Waals surface area contributed by atoms with Crippen molar-refractivity contribution in [3.05, 3.63) is 70.8 Å². The van der Waals surface area contributed by atoms with E-state index in [1.54, 1.807) is 0 Å². The summed E-state index contributed by atoms with van der Waals surface area (Å²) >= 11 is 0. The standard InChI is InChI=1S/C24H30F2N2O2/c1-3-16-4-6-18(7-5-16)19-8-9-27-22(13-19)24(30)23(28-15(2)29)12-17-10-20(25)14-21(26)11-17/h4-7,10-11,14,19,22-24,27,30H,3,8-9,12-13H2,1-2H3,(H,28,29). The first kappa shape index (κ1) is 22.4. The summed E-state index contributed by atoms with van der Waals surface area (Å²) in [4.78, 5) is 11.7. The summed E-state index contributed by atoms with van der Waals surface area (Å²) in [6.07, 6.45) is 1.93. The molecule has 4 nitrogen and oxygen atoms in total. The number of hydrogen-bond donors (Lipinski definition) is 3. The lowest BCUT2D eigenvalue weighted by molar-refractivity contribution is -0.120. The summed E-state index contributed by atoms with van der Waals surface area (Å²) in [7, 11) is 0. The SMILES string of the molecule is CCc1ccc(C2CCNC(C(O)C(Cc3cc(F)cc(F)c3)NC(C)=O)C2)cc1. The smallest absolute Gasteiger partial charge is 0.217 e. The molecule has 2 aromatic rings. The highest BCUT2D eigenvalue weighted by Gasteiger charge is 2.33. The van der Waals surface area contributed by atoms with E-state index in [0.29, 0.717) is 11.5 Å². The van der Waals surface area contributed by atoms with Crippen LogP contribution in [0.15, 0.2) is 42.5 Å². The highest BCUT2D eigenvalue weighted by Crippen LogP contribution is 2.30. The quantitative estimate of drug-likeness (QED) is 0.648. The van der Waals surface area contributed by atoms with Gasteiger partial charge in [0.05, 0.1) is 12.1 Å². The number of rotatable bonds is 7. The number of carbonyl (C=O) groups excluding carboxylic acids is 1. The molecule has 1 aliphatic rings. The summed E-state index contributed by atoms with van der Waals surface area (Å²) in [6, 6.07) is 11.0. The van der Waals surface area contributed by atoms with Gasteiger partial charge in [-0.05, 0) is 67.0 Å². The zero-order valence-electron chi connectivity index (χ0n) is 17.5. The number of carbonyl (C=O) groups is 1. The number of hydrogen-bond acceptors (Lipinski definition) is 3. The molecule has 0 saturated carbocycles. The average molecular weight is 417 g/mol. The van der Waals surface area contributed by atoms with Crippen molar-refractivity contribution in [3.8, 4) is 0 Å². The Morgan fingerprint density at radius 1 is 1.17 bits per heavy atom. The maximum absolute atomic E-state index is 13.6. The van der Waals surface area contributed by atoms with Crippen molar-refractivity contribution >= 4 is 5.91 Å². The van der Waals surface area contributed by atoms with E-state index >= 15 is 0 Å². The van der Waals surface area contributed by atoms with Gasteiger partial charge in [0.15, 0.2) is 0 Å². The summed E-state index contributed by atoms with van der Waals surface area (Å²) < 4.78 is 27.2. The Kier molecular flexibility index (Phi) is 7.56. The van der Waals surface area contributed by atoms with Gasteiger partial charge in [0, 0.05) is 19.0 Å². The largest absolute Gasteiger partial charge is 0.389 e. The number of piperidine rings is 1. The number of aryl methyl sites for hydroxylation is 1. The van der Waals surface area contributed by atoms with E-state index in [1.165, 1.54) is 30.2 Å². The van der Waals surface area contributed by atoms with Gasteiger partial charge < -0.3 is 15.7 Å². The molecule has 3 rings (SSSR count). The third-order valence-electron chi connectivity index (χ3n) is 5.89. The van der Waals surface area contributed by atoms with E-state index in [2.05, 4.69) is 41.8 Å². The van der Waals surface area contributed by atoms with Gasteiger partial charge in [-0.1, -0.05) is 31.2 Å². The second kappa shape index (κ2) is 10.1.